The normalized spacial score (nSPS) is 10.7. The van der Waals surface area contributed by atoms with Gasteiger partial charge in [-0.25, -0.2) is 4.98 Å². The third kappa shape index (κ3) is 6.08. The predicted octanol–water partition coefficient (Wildman–Crippen LogP) is 1.49. The number of rotatable bonds is 10. The number of aromatic nitrogens is 2. The highest BCUT2D eigenvalue weighted by molar-refractivity contribution is 7.99. The summed E-state index contributed by atoms with van der Waals surface area (Å²) in [6.07, 6.45) is 1.51. The first-order valence-electron chi connectivity index (χ1n) is 8.86. The summed E-state index contributed by atoms with van der Waals surface area (Å²) in [4.78, 5) is 28.6. The SMILES string of the molecule is COCCNC(=O)Cn1c(CO)cnc1SCC(=O)Nc1cccc(C)c1C. The lowest BCUT2D eigenvalue weighted by atomic mass is 10.1. The van der Waals surface area contributed by atoms with Crippen molar-refractivity contribution in [2.45, 2.75) is 32.2 Å². The van der Waals surface area contributed by atoms with Gasteiger partial charge in [0.2, 0.25) is 11.8 Å². The van der Waals surface area contributed by atoms with Gasteiger partial charge in [-0.05, 0) is 31.0 Å². The fourth-order valence-corrected chi connectivity index (χ4v) is 3.29. The van der Waals surface area contributed by atoms with Crippen LogP contribution in [-0.2, 0) is 27.5 Å². The number of amides is 2. The molecule has 1 aromatic carbocycles. The average Bonchev–Trinajstić information content (AvgIpc) is 3.05. The Morgan fingerprint density at radius 2 is 2.07 bits per heavy atom. The number of aryl methyl sites for hydroxylation is 1. The first-order chi connectivity index (χ1) is 13.5. The Balaban J connectivity index is 1.98. The zero-order chi connectivity index (χ0) is 20.5. The molecule has 0 aliphatic carbocycles. The topological polar surface area (TPSA) is 105 Å². The lowest BCUT2D eigenvalue weighted by molar-refractivity contribution is -0.122. The van der Waals surface area contributed by atoms with Crippen molar-refractivity contribution in [2.75, 3.05) is 31.3 Å². The number of aliphatic hydroxyl groups excluding tert-OH is 1. The summed E-state index contributed by atoms with van der Waals surface area (Å²) < 4.78 is 6.51. The van der Waals surface area contributed by atoms with Gasteiger partial charge in [-0.2, -0.15) is 0 Å². The first kappa shape index (κ1) is 21.9. The third-order valence-electron chi connectivity index (χ3n) is 4.20. The Hall–Kier alpha value is -2.36. The molecule has 1 aromatic heterocycles. The van der Waals surface area contributed by atoms with Crippen LogP contribution in [0.25, 0.3) is 0 Å². The summed E-state index contributed by atoms with van der Waals surface area (Å²) in [5, 5.41) is 15.6. The van der Waals surface area contributed by atoms with E-state index in [4.69, 9.17) is 4.74 Å². The van der Waals surface area contributed by atoms with E-state index >= 15 is 0 Å². The van der Waals surface area contributed by atoms with Crippen LogP contribution in [0.1, 0.15) is 16.8 Å². The van der Waals surface area contributed by atoms with Crippen LogP contribution in [0.5, 0.6) is 0 Å². The Kier molecular flexibility index (Phi) is 8.49. The van der Waals surface area contributed by atoms with E-state index in [1.54, 1.807) is 11.7 Å². The second kappa shape index (κ2) is 10.8. The van der Waals surface area contributed by atoms with Crippen LogP contribution in [-0.4, -0.2) is 52.5 Å². The highest BCUT2D eigenvalue weighted by Gasteiger charge is 2.15. The molecule has 1 heterocycles. The van der Waals surface area contributed by atoms with E-state index in [0.717, 1.165) is 16.8 Å². The summed E-state index contributed by atoms with van der Waals surface area (Å²) >= 11 is 1.22. The smallest absolute Gasteiger partial charge is 0.240 e. The lowest BCUT2D eigenvalue weighted by Crippen LogP contribution is -2.31. The Morgan fingerprint density at radius 1 is 1.29 bits per heavy atom. The molecule has 9 heteroatoms. The summed E-state index contributed by atoms with van der Waals surface area (Å²) in [7, 11) is 1.56. The number of imidazole rings is 1. The zero-order valence-corrected chi connectivity index (χ0v) is 17.1. The minimum atomic E-state index is -0.242. The van der Waals surface area contributed by atoms with Gasteiger partial charge >= 0.3 is 0 Å². The van der Waals surface area contributed by atoms with E-state index in [1.165, 1.54) is 18.0 Å². The molecule has 0 fully saturated rings. The molecular weight excluding hydrogens is 380 g/mol. The number of methoxy groups -OCH3 is 1. The second-order valence-electron chi connectivity index (χ2n) is 6.20. The number of anilines is 1. The van der Waals surface area contributed by atoms with E-state index in [-0.39, 0.29) is 30.7 Å². The molecule has 0 atom stereocenters. The van der Waals surface area contributed by atoms with Crippen LogP contribution in [0.4, 0.5) is 5.69 Å². The van der Waals surface area contributed by atoms with E-state index in [2.05, 4.69) is 15.6 Å². The van der Waals surface area contributed by atoms with Crippen LogP contribution in [0.15, 0.2) is 29.6 Å². The van der Waals surface area contributed by atoms with Crippen LogP contribution in [0.2, 0.25) is 0 Å². The van der Waals surface area contributed by atoms with E-state index in [9.17, 15) is 14.7 Å². The molecule has 0 unspecified atom stereocenters. The quantitative estimate of drug-likeness (QED) is 0.408. The van der Waals surface area contributed by atoms with Crippen LogP contribution < -0.4 is 10.6 Å². The monoisotopic (exact) mass is 406 g/mol. The molecular formula is C19H26N4O4S. The zero-order valence-electron chi connectivity index (χ0n) is 16.3. The van der Waals surface area contributed by atoms with Gasteiger partial charge in [0.25, 0.3) is 0 Å². The molecule has 0 aliphatic rings. The number of nitrogens with zero attached hydrogens (tertiary/aromatic N) is 2. The Bertz CT molecular complexity index is 822. The van der Waals surface area contributed by atoms with Crippen molar-refractivity contribution < 1.29 is 19.4 Å². The van der Waals surface area contributed by atoms with Crippen LogP contribution >= 0.6 is 11.8 Å². The molecule has 0 radical (unpaired) electrons. The second-order valence-corrected chi connectivity index (χ2v) is 7.15. The van der Waals surface area contributed by atoms with Crippen molar-refractivity contribution in [2.24, 2.45) is 0 Å². The molecule has 3 N–H and O–H groups in total. The number of benzene rings is 1. The fourth-order valence-electron chi connectivity index (χ4n) is 2.50. The number of aliphatic hydroxyl groups is 1. The van der Waals surface area contributed by atoms with Gasteiger partial charge in [-0.3, -0.25) is 9.59 Å². The molecule has 0 spiro atoms. The van der Waals surface area contributed by atoms with E-state index < -0.39 is 0 Å². The number of thioether (sulfide) groups is 1. The van der Waals surface area contributed by atoms with Crippen molar-refractivity contribution in [1.82, 2.24) is 14.9 Å². The van der Waals surface area contributed by atoms with Crippen molar-refractivity contribution >= 4 is 29.3 Å². The highest BCUT2D eigenvalue weighted by atomic mass is 32.2. The number of hydrogen-bond donors (Lipinski definition) is 3. The van der Waals surface area contributed by atoms with Crippen molar-refractivity contribution in [3.8, 4) is 0 Å². The van der Waals surface area contributed by atoms with Crippen LogP contribution in [0.3, 0.4) is 0 Å². The largest absolute Gasteiger partial charge is 0.390 e. The number of ether oxygens (including phenoxy) is 1. The minimum Gasteiger partial charge on any atom is -0.390 e. The number of carbonyl (C=O) groups excluding carboxylic acids is 2. The van der Waals surface area contributed by atoms with E-state index in [1.807, 2.05) is 32.0 Å². The highest BCUT2D eigenvalue weighted by Crippen LogP contribution is 2.21. The molecule has 152 valence electrons. The molecule has 2 aromatic rings. The molecule has 8 nitrogen and oxygen atoms in total. The lowest BCUT2D eigenvalue weighted by Gasteiger charge is -2.12. The molecule has 28 heavy (non-hydrogen) atoms. The molecule has 0 saturated carbocycles. The Morgan fingerprint density at radius 3 is 2.79 bits per heavy atom. The average molecular weight is 407 g/mol. The first-order valence-corrected chi connectivity index (χ1v) is 9.84. The number of nitrogens with one attached hydrogen (secondary N) is 2. The molecule has 0 saturated heterocycles. The summed E-state index contributed by atoms with van der Waals surface area (Å²) in [6.45, 7) is 4.54. The van der Waals surface area contributed by atoms with Crippen molar-refractivity contribution in [3.05, 3.63) is 41.2 Å². The van der Waals surface area contributed by atoms with E-state index in [0.29, 0.717) is 24.0 Å². The van der Waals surface area contributed by atoms with Gasteiger partial charge in [0, 0.05) is 19.3 Å². The minimum absolute atomic E-state index is 0.0144. The van der Waals surface area contributed by atoms with Gasteiger partial charge < -0.3 is 25.0 Å². The maximum Gasteiger partial charge on any atom is 0.240 e. The summed E-state index contributed by atoms with van der Waals surface area (Å²) in [5.74, 6) is -0.240. The maximum absolute atomic E-state index is 12.3. The van der Waals surface area contributed by atoms with Crippen molar-refractivity contribution in [1.29, 1.82) is 0 Å². The maximum atomic E-state index is 12.3. The van der Waals surface area contributed by atoms with Gasteiger partial charge in [-0.15, -0.1) is 0 Å². The molecule has 2 rings (SSSR count). The van der Waals surface area contributed by atoms with Gasteiger partial charge in [0.05, 0.1) is 30.9 Å². The van der Waals surface area contributed by atoms with Gasteiger partial charge in [0.15, 0.2) is 5.16 Å². The summed E-state index contributed by atoms with van der Waals surface area (Å²) in [5.41, 5.74) is 3.42. The van der Waals surface area contributed by atoms with Gasteiger partial charge in [-0.1, -0.05) is 23.9 Å². The third-order valence-corrected chi connectivity index (χ3v) is 5.20. The number of hydrogen-bond acceptors (Lipinski definition) is 6. The predicted molar refractivity (Wildman–Crippen MR) is 108 cm³/mol. The molecule has 0 aliphatic heterocycles. The van der Waals surface area contributed by atoms with Crippen LogP contribution in [0, 0.1) is 13.8 Å². The summed E-state index contributed by atoms with van der Waals surface area (Å²) in [6, 6.07) is 5.75. The van der Waals surface area contributed by atoms with Gasteiger partial charge in [0.1, 0.15) is 6.54 Å². The van der Waals surface area contributed by atoms with Crippen molar-refractivity contribution in [3.63, 3.8) is 0 Å². The molecule has 2 amide bonds. The molecule has 0 bridgehead atoms. The Labute approximate surface area is 168 Å². The standard InChI is InChI=1S/C19H26N4O4S/c1-13-5-4-6-16(14(13)2)22-18(26)12-28-19-21-9-15(11-24)23(19)10-17(25)20-7-8-27-3/h4-6,9,24H,7-8,10-12H2,1-3H3,(H,20,25)(H,22,26). The fraction of sp³-hybridized carbons (Fsp3) is 0.421. The number of carbonyl (C=O) groups is 2.